The van der Waals surface area contributed by atoms with Crippen LogP contribution in [-0.4, -0.2) is 13.4 Å². The van der Waals surface area contributed by atoms with Crippen LogP contribution in [0, 0.1) is 26.1 Å². The van der Waals surface area contributed by atoms with E-state index < -0.39 is 0 Å². The fraction of sp³-hybridized carbons (Fsp3) is 0.154. The van der Waals surface area contributed by atoms with E-state index in [1.54, 1.807) is 6.20 Å². The number of hydrogen-bond acceptors (Lipinski definition) is 1. The van der Waals surface area contributed by atoms with Gasteiger partial charge in [-0.25, -0.2) is 11.1 Å². The molecule has 0 aliphatic heterocycles. The van der Waals surface area contributed by atoms with Crippen LogP contribution in [0.1, 0.15) is 11.1 Å². The predicted molar refractivity (Wildman–Crippen MR) is 62.6 cm³/mol. The molecule has 0 N–H and O–H groups in total. The van der Waals surface area contributed by atoms with Gasteiger partial charge in [-0.05, 0) is 0 Å². The zero-order chi connectivity index (χ0) is 9.97. The molecule has 2 aromatic rings. The molecular weight excluding hydrogens is 270 g/mol. The number of benzene rings is 1. The number of hydrogen-bond donors (Lipinski definition) is 0. The Morgan fingerprint density at radius 1 is 1.06 bits per heavy atom. The van der Waals surface area contributed by atoms with Crippen molar-refractivity contribution in [1.29, 1.82) is 0 Å². The van der Waals surface area contributed by atoms with Crippen LogP contribution in [0.15, 0.2) is 30.5 Å². The number of aromatic nitrogens is 1. The van der Waals surface area contributed by atoms with E-state index in [0.717, 1.165) is 11.1 Å². The monoisotopic (exact) mass is 281 g/mol. The van der Waals surface area contributed by atoms with E-state index in [9.17, 15) is 0 Å². The van der Waals surface area contributed by atoms with Gasteiger partial charge in [0, 0.05) is 41.1 Å². The summed E-state index contributed by atoms with van der Waals surface area (Å²) >= 11 is 0. The largest absolute Gasteiger partial charge is 0.371 e. The van der Waals surface area contributed by atoms with Gasteiger partial charge in [-0.2, -0.15) is 24.3 Å². The first-order valence-electron chi connectivity index (χ1n) is 4.60. The molecule has 0 bridgehead atoms. The smallest absolute Gasteiger partial charge is 0 e. The Bertz CT molecular complexity index is 443. The first-order chi connectivity index (χ1) is 6.77. The van der Waals surface area contributed by atoms with E-state index in [0.29, 0.717) is 0 Å². The maximum Gasteiger partial charge on any atom is 0 e. The molecule has 1 heterocycles. The summed E-state index contributed by atoms with van der Waals surface area (Å²) in [6, 6.07) is 11.4. The summed E-state index contributed by atoms with van der Waals surface area (Å²) in [5.41, 5.74) is 4.49. The van der Waals surface area contributed by atoms with E-state index in [1.807, 2.05) is 12.1 Å². The number of nitrogens with zero attached hydrogens (tertiary/aromatic N) is 1. The van der Waals surface area contributed by atoms with Gasteiger partial charge in [0.25, 0.3) is 0 Å². The molecule has 0 saturated heterocycles. The van der Waals surface area contributed by atoms with Crippen LogP contribution >= 0.6 is 0 Å². The van der Waals surface area contributed by atoms with Crippen molar-refractivity contribution in [2.45, 2.75) is 13.8 Å². The van der Waals surface area contributed by atoms with E-state index in [1.165, 1.54) is 11.1 Å². The van der Waals surface area contributed by atoms with Crippen molar-refractivity contribution in [3.8, 4) is 11.1 Å². The molecule has 16 heavy (non-hydrogen) atoms. The molecule has 1 nitrogen and oxygen atoms in total. The van der Waals surface area contributed by atoms with Crippen molar-refractivity contribution in [1.82, 2.24) is 4.98 Å². The van der Waals surface area contributed by atoms with Gasteiger partial charge in [-0.1, -0.05) is 26.2 Å². The third-order valence-corrected chi connectivity index (χ3v) is 2.31. The maximum absolute atomic E-state index is 3.97. The fourth-order valence-electron chi connectivity index (χ4n) is 1.31. The summed E-state index contributed by atoms with van der Waals surface area (Å²) in [5, 5.41) is 0. The van der Waals surface area contributed by atoms with Gasteiger partial charge in [-0.15, -0.1) is 17.2 Å². The summed E-state index contributed by atoms with van der Waals surface area (Å²) in [6.07, 6.45) is 4.68. The van der Waals surface area contributed by atoms with E-state index in [4.69, 9.17) is 0 Å². The van der Waals surface area contributed by atoms with Crippen molar-refractivity contribution in [3.63, 3.8) is 0 Å². The molecule has 0 atom stereocenters. The van der Waals surface area contributed by atoms with Gasteiger partial charge in [0.15, 0.2) is 0 Å². The second kappa shape index (κ2) is 6.98. The second-order valence-corrected chi connectivity index (χ2v) is 3.34. The van der Waals surface area contributed by atoms with Gasteiger partial charge in [0.2, 0.25) is 0 Å². The minimum atomic E-state index is 0. The molecule has 2 rings (SSSR count). The molecule has 0 amide bonds. The Labute approximate surface area is 124 Å². The summed E-state index contributed by atoms with van der Waals surface area (Å²) in [5.74, 6) is 0. The molecular formula is C13H11BNY-2. The number of rotatable bonds is 1. The third-order valence-electron chi connectivity index (χ3n) is 2.31. The second-order valence-electron chi connectivity index (χ2n) is 3.34. The third kappa shape index (κ3) is 3.53. The maximum atomic E-state index is 3.97. The zero-order valence-corrected chi connectivity index (χ0v) is 12.3. The van der Waals surface area contributed by atoms with Crippen molar-refractivity contribution in [3.05, 3.63) is 53.9 Å². The van der Waals surface area contributed by atoms with Crippen LogP contribution in [0.5, 0.6) is 0 Å². The standard InChI is InChI=1S/C13H11N.B.Y/c1-10-5-6-12(8-11(10)2)13-4-3-7-14-9-13;;/h3-7H,1-2H3;;/q-2;;. The fourth-order valence-corrected chi connectivity index (χ4v) is 1.31. The molecule has 76 valence electrons. The van der Waals surface area contributed by atoms with Gasteiger partial charge < -0.3 is 4.98 Å². The Morgan fingerprint density at radius 3 is 2.38 bits per heavy atom. The molecule has 3 heteroatoms. The summed E-state index contributed by atoms with van der Waals surface area (Å²) < 4.78 is 0. The SMILES string of the molecule is Cc1[c-]c(-c2[c-]nccc2)ccc1C.[B].[Y]. The van der Waals surface area contributed by atoms with Gasteiger partial charge in [-0.3, -0.25) is 0 Å². The first-order valence-corrected chi connectivity index (χ1v) is 4.60. The molecule has 0 fully saturated rings. The molecule has 1 aromatic carbocycles. The minimum Gasteiger partial charge on any atom is -0.371 e. The van der Waals surface area contributed by atoms with Crippen LogP contribution in [0.2, 0.25) is 0 Å². The molecule has 0 aliphatic rings. The average molecular weight is 281 g/mol. The van der Waals surface area contributed by atoms with Gasteiger partial charge in [0.1, 0.15) is 0 Å². The normalized spacial score (nSPS) is 8.88. The van der Waals surface area contributed by atoms with Crippen molar-refractivity contribution < 1.29 is 32.7 Å². The molecule has 0 spiro atoms. The Kier molecular flexibility index (Phi) is 6.78. The molecule has 0 aliphatic carbocycles. The van der Waals surface area contributed by atoms with Crippen LogP contribution in [-0.2, 0) is 32.7 Å². The van der Waals surface area contributed by atoms with Crippen molar-refractivity contribution >= 4 is 8.41 Å². The molecule has 1 aromatic heterocycles. The molecule has 0 saturated carbocycles. The zero-order valence-electron chi connectivity index (χ0n) is 9.49. The quantitative estimate of drug-likeness (QED) is 0.578. The minimum absolute atomic E-state index is 0. The van der Waals surface area contributed by atoms with Crippen LogP contribution < -0.4 is 0 Å². The average Bonchev–Trinajstić information content (AvgIpc) is 2.23. The summed E-state index contributed by atoms with van der Waals surface area (Å²) in [6.45, 7) is 4.15. The van der Waals surface area contributed by atoms with Crippen molar-refractivity contribution in [2.24, 2.45) is 0 Å². The van der Waals surface area contributed by atoms with E-state index in [-0.39, 0.29) is 41.1 Å². The van der Waals surface area contributed by atoms with Gasteiger partial charge in [0.05, 0.1) is 0 Å². The van der Waals surface area contributed by atoms with E-state index >= 15 is 0 Å². The molecule has 4 radical (unpaired) electrons. The summed E-state index contributed by atoms with van der Waals surface area (Å²) in [7, 11) is 0. The summed E-state index contributed by atoms with van der Waals surface area (Å²) in [4.78, 5) is 3.97. The van der Waals surface area contributed by atoms with E-state index in [2.05, 4.69) is 43.2 Å². The Morgan fingerprint density at radius 2 is 1.81 bits per heavy atom. The van der Waals surface area contributed by atoms with Crippen LogP contribution in [0.3, 0.4) is 0 Å². The van der Waals surface area contributed by atoms with Crippen LogP contribution in [0.25, 0.3) is 11.1 Å². The van der Waals surface area contributed by atoms with Crippen molar-refractivity contribution in [2.75, 3.05) is 0 Å². The van der Waals surface area contributed by atoms with Gasteiger partial charge >= 0.3 is 0 Å². The predicted octanol–water partition coefficient (Wildman–Crippen LogP) is 2.58. The Balaban J connectivity index is 0.00000112. The first kappa shape index (κ1) is 15.5. The topological polar surface area (TPSA) is 12.9 Å². The number of aryl methyl sites for hydroxylation is 2. The molecule has 0 unspecified atom stereocenters. The Hall–Kier alpha value is -0.461. The number of pyridine rings is 1. The van der Waals surface area contributed by atoms with Crippen LogP contribution in [0.4, 0.5) is 0 Å².